The van der Waals surface area contributed by atoms with Crippen LogP contribution >= 0.6 is 11.6 Å². The fourth-order valence-corrected chi connectivity index (χ4v) is 2.83. The van der Waals surface area contributed by atoms with Crippen molar-refractivity contribution >= 4 is 28.9 Å². The number of hydrogen-bond acceptors (Lipinski definition) is 5. The fourth-order valence-electron chi connectivity index (χ4n) is 2.58. The number of aromatic nitrogens is 1. The van der Waals surface area contributed by atoms with E-state index in [0.29, 0.717) is 5.56 Å². The number of non-ortho nitro benzene ring substituents is 1. The lowest BCUT2D eigenvalue weighted by Gasteiger charge is -2.09. The Morgan fingerprint density at radius 1 is 1.30 bits per heavy atom. The van der Waals surface area contributed by atoms with E-state index in [0.717, 1.165) is 0 Å². The van der Waals surface area contributed by atoms with Crippen LogP contribution in [0.4, 0.5) is 15.8 Å². The lowest BCUT2D eigenvalue weighted by molar-refractivity contribution is -0.384. The molecule has 0 aliphatic rings. The van der Waals surface area contributed by atoms with Gasteiger partial charge in [0.25, 0.3) is 11.6 Å². The molecule has 0 saturated carbocycles. The zero-order chi connectivity index (χ0) is 19.7. The first-order chi connectivity index (χ1) is 12.8. The Hall–Kier alpha value is -3.26. The summed E-state index contributed by atoms with van der Waals surface area (Å²) in [5.41, 5.74) is 0.588. The number of hydrogen-bond donors (Lipinski definition) is 1. The van der Waals surface area contributed by atoms with E-state index in [2.05, 4.69) is 10.5 Å². The number of aryl methyl sites for hydroxylation is 2. The SMILES string of the molecule is Cc1ccc([N+](=O)[O-])cc1NC(=O)c1c(-c2c(F)cccc2Cl)noc1C. The molecule has 1 N–H and O–H groups in total. The van der Waals surface area contributed by atoms with Crippen LogP contribution in [0.15, 0.2) is 40.9 Å². The lowest BCUT2D eigenvalue weighted by atomic mass is 10.0. The third kappa shape index (κ3) is 3.52. The second-order valence-electron chi connectivity index (χ2n) is 5.77. The van der Waals surface area contributed by atoms with Crippen molar-refractivity contribution in [3.05, 3.63) is 74.2 Å². The van der Waals surface area contributed by atoms with E-state index in [1.54, 1.807) is 6.92 Å². The smallest absolute Gasteiger partial charge is 0.271 e. The summed E-state index contributed by atoms with van der Waals surface area (Å²) in [7, 11) is 0. The number of rotatable bonds is 4. The highest BCUT2D eigenvalue weighted by Gasteiger charge is 2.26. The summed E-state index contributed by atoms with van der Waals surface area (Å²) < 4.78 is 19.3. The molecule has 2 aromatic carbocycles. The Morgan fingerprint density at radius 2 is 2.04 bits per heavy atom. The number of anilines is 1. The average Bonchev–Trinajstić information content (AvgIpc) is 2.98. The van der Waals surface area contributed by atoms with E-state index in [1.807, 2.05) is 0 Å². The number of nitrogens with zero attached hydrogens (tertiary/aromatic N) is 2. The summed E-state index contributed by atoms with van der Waals surface area (Å²) in [5.74, 6) is -1.15. The van der Waals surface area contributed by atoms with Gasteiger partial charge < -0.3 is 9.84 Å². The summed E-state index contributed by atoms with van der Waals surface area (Å²) in [4.78, 5) is 23.2. The van der Waals surface area contributed by atoms with E-state index in [4.69, 9.17) is 16.1 Å². The van der Waals surface area contributed by atoms with Crippen molar-refractivity contribution in [2.75, 3.05) is 5.32 Å². The first-order valence-electron chi connectivity index (χ1n) is 7.76. The van der Waals surface area contributed by atoms with Crippen LogP contribution in [0.5, 0.6) is 0 Å². The van der Waals surface area contributed by atoms with Crippen molar-refractivity contribution in [3.63, 3.8) is 0 Å². The van der Waals surface area contributed by atoms with Gasteiger partial charge in [-0.25, -0.2) is 4.39 Å². The van der Waals surface area contributed by atoms with Gasteiger partial charge in [-0.15, -0.1) is 0 Å². The highest BCUT2D eigenvalue weighted by atomic mass is 35.5. The molecule has 0 unspecified atom stereocenters. The lowest BCUT2D eigenvalue weighted by Crippen LogP contribution is -2.14. The van der Waals surface area contributed by atoms with Crippen molar-refractivity contribution in [2.24, 2.45) is 0 Å². The number of benzene rings is 2. The molecular formula is C18H13ClFN3O4. The molecule has 3 rings (SSSR count). The van der Waals surface area contributed by atoms with Crippen molar-refractivity contribution in [2.45, 2.75) is 13.8 Å². The number of carbonyl (C=O) groups excluding carboxylic acids is 1. The first kappa shape index (κ1) is 18.5. The van der Waals surface area contributed by atoms with Gasteiger partial charge in [0.05, 0.1) is 21.2 Å². The van der Waals surface area contributed by atoms with E-state index >= 15 is 0 Å². The van der Waals surface area contributed by atoms with Gasteiger partial charge in [0.2, 0.25) is 0 Å². The second kappa shape index (κ2) is 7.16. The maximum absolute atomic E-state index is 14.2. The topological polar surface area (TPSA) is 98.3 Å². The van der Waals surface area contributed by atoms with Crippen LogP contribution in [0, 0.1) is 29.8 Å². The van der Waals surface area contributed by atoms with Gasteiger partial charge >= 0.3 is 0 Å². The van der Waals surface area contributed by atoms with Gasteiger partial charge in [0.15, 0.2) is 0 Å². The standard InChI is InChI=1S/C18H13ClFN3O4/c1-9-6-7-11(23(25)26)8-14(9)21-18(24)15-10(2)27-22-17(15)16-12(19)4-3-5-13(16)20/h3-8H,1-2H3,(H,21,24). The van der Waals surface area contributed by atoms with Gasteiger partial charge in [0.1, 0.15) is 22.8 Å². The van der Waals surface area contributed by atoms with Crippen molar-refractivity contribution in [1.82, 2.24) is 5.16 Å². The Balaban J connectivity index is 2.04. The van der Waals surface area contributed by atoms with Gasteiger partial charge in [-0.05, 0) is 31.5 Å². The molecule has 0 fully saturated rings. The fraction of sp³-hybridized carbons (Fsp3) is 0.111. The molecule has 0 aliphatic carbocycles. The van der Waals surface area contributed by atoms with Crippen LogP contribution < -0.4 is 5.32 Å². The van der Waals surface area contributed by atoms with Crippen molar-refractivity contribution in [3.8, 4) is 11.3 Å². The van der Waals surface area contributed by atoms with Crippen LogP contribution in [0.25, 0.3) is 11.3 Å². The zero-order valence-electron chi connectivity index (χ0n) is 14.2. The Bertz CT molecular complexity index is 1040. The molecule has 7 nitrogen and oxygen atoms in total. The van der Waals surface area contributed by atoms with Gasteiger partial charge in [-0.1, -0.05) is 28.9 Å². The molecule has 0 spiro atoms. The molecule has 0 atom stereocenters. The predicted octanol–water partition coefficient (Wildman–Crippen LogP) is 4.91. The molecule has 0 saturated heterocycles. The number of nitrogens with one attached hydrogen (secondary N) is 1. The van der Waals surface area contributed by atoms with Gasteiger partial charge in [0, 0.05) is 12.1 Å². The average molecular weight is 390 g/mol. The molecule has 0 radical (unpaired) electrons. The molecule has 9 heteroatoms. The highest BCUT2D eigenvalue weighted by Crippen LogP contribution is 2.34. The molecule has 138 valence electrons. The minimum absolute atomic E-state index is 0.00657. The van der Waals surface area contributed by atoms with Crippen LogP contribution in [0.1, 0.15) is 21.7 Å². The zero-order valence-corrected chi connectivity index (χ0v) is 15.0. The molecule has 1 heterocycles. The van der Waals surface area contributed by atoms with Crippen LogP contribution in [-0.4, -0.2) is 16.0 Å². The minimum atomic E-state index is -0.656. The summed E-state index contributed by atoms with van der Waals surface area (Å²) >= 11 is 6.06. The number of nitro groups is 1. The normalized spacial score (nSPS) is 10.7. The van der Waals surface area contributed by atoms with Crippen molar-refractivity contribution < 1.29 is 18.6 Å². The molecular weight excluding hydrogens is 377 g/mol. The summed E-state index contributed by atoms with van der Waals surface area (Å²) in [5, 5.41) is 17.4. The van der Waals surface area contributed by atoms with Gasteiger partial charge in [-0.2, -0.15) is 0 Å². The Kier molecular flexibility index (Phi) is 4.91. The molecule has 0 bridgehead atoms. The van der Waals surface area contributed by atoms with E-state index in [1.165, 1.54) is 43.3 Å². The quantitative estimate of drug-likeness (QED) is 0.504. The van der Waals surface area contributed by atoms with Crippen LogP contribution in [0.3, 0.4) is 0 Å². The first-order valence-corrected chi connectivity index (χ1v) is 8.14. The van der Waals surface area contributed by atoms with E-state index in [-0.39, 0.29) is 39.0 Å². The Labute approximate surface area is 157 Å². The molecule has 27 heavy (non-hydrogen) atoms. The Morgan fingerprint density at radius 3 is 2.70 bits per heavy atom. The van der Waals surface area contributed by atoms with Crippen molar-refractivity contribution in [1.29, 1.82) is 0 Å². The number of nitro benzene ring substituents is 1. The maximum Gasteiger partial charge on any atom is 0.271 e. The highest BCUT2D eigenvalue weighted by molar-refractivity contribution is 6.33. The van der Waals surface area contributed by atoms with Crippen LogP contribution in [-0.2, 0) is 0 Å². The number of halogens is 2. The summed E-state index contributed by atoms with van der Waals surface area (Å²) in [6, 6.07) is 8.18. The minimum Gasteiger partial charge on any atom is -0.360 e. The predicted molar refractivity (Wildman–Crippen MR) is 97.4 cm³/mol. The molecule has 1 aromatic heterocycles. The third-order valence-electron chi connectivity index (χ3n) is 3.97. The number of amides is 1. The molecule has 0 aliphatic heterocycles. The maximum atomic E-state index is 14.2. The molecule has 3 aromatic rings. The van der Waals surface area contributed by atoms with Crippen LogP contribution in [0.2, 0.25) is 5.02 Å². The summed E-state index contributed by atoms with van der Waals surface area (Å²) in [6.45, 7) is 3.19. The monoisotopic (exact) mass is 389 g/mol. The molecule has 1 amide bonds. The summed E-state index contributed by atoms with van der Waals surface area (Å²) in [6.07, 6.45) is 0. The van der Waals surface area contributed by atoms with Gasteiger partial charge in [-0.3, -0.25) is 14.9 Å². The third-order valence-corrected chi connectivity index (χ3v) is 4.28. The van der Waals surface area contributed by atoms with E-state index in [9.17, 15) is 19.3 Å². The number of carbonyl (C=O) groups is 1. The van der Waals surface area contributed by atoms with E-state index < -0.39 is 16.6 Å². The largest absolute Gasteiger partial charge is 0.360 e. The second-order valence-corrected chi connectivity index (χ2v) is 6.18.